The third-order valence-electron chi connectivity index (χ3n) is 3.94. The van der Waals surface area contributed by atoms with Crippen LogP contribution in [-0.4, -0.2) is 35.4 Å². The lowest BCUT2D eigenvalue weighted by molar-refractivity contribution is -0.138. The van der Waals surface area contributed by atoms with E-state index in [2.05, 4.69) is 5.16 Å². The maximum absolute atomic E-state index is 12.8. The highest BCUT2D eigenvalue weighted by Gasteiger charge is 2.43. The minimum atomic E-state index is -0.831. The Balaban J connectivity index is 2.93. The highest BCUT2D eigenvalue weighted by Crippen LogP contribution is 2.35. The van der Waals surface area contributed by atoms with E-state index in [0.717, 1.165) is 19.4 Å². The van der Waals surface area contributed by atoms with Gasteiger partial charge in [-0.3, -0.25) is 4.79 Å². The Hall–Kier alpha value is -1.26. The zero-order chi connectivity index (χ0) is 14.5. The predicted octanol–water partition coefficient (Wildman–Crippen LogP) is 2.19. The van der Waals surface area contributed by atoms with E-state index in [1.807, 2.05) is 20.9 Å². The van der Waals surface area contributed by atoms with E-state index in [1.54, 1.807) is 4.90 Å². The lowest BCUT2D eigenvalue weighted by Crippen LogP contribution is -2.50. The van der Waals surface area contributed by atoms with Crippen LogP contribution in [0.15, 0.2) is 5.16 Å². The van der Waals surface area contributed by atoms with E-state index in [1.165, 1.54) is 12.8 Å². The van der Waals surface area contributed by atoms with Crippen molar-refractivity contribution < 1.29 is 10.0 Å². The Morgan fingerprint density at radius 1 is 1.37 bits per heavy atom. The fourth-order valence-electron chi connectivity index (χ4n) is 2.79. The zero-order valence-corrected chi connectivity index (χ0v) is 12.4. The van der Waals surface area contributed by atoms with Gasteiger partial charge in [0.25, 0.3) is 0 Å². The van der Waals surface area contributed by atoms with E-state index in [0.29, 0.717) is 18.8 Å². The molecule has 0 aromatic rings. The van der Waals surface area contributed by atoms with Crippen molar-refractivity contribution >= 4 is 11.7 Å². The van der Waals surface area contributed by atoms with Gasteiger partial charge in [-0.25, -0.2) is 0 Å². The molecule has 0 radical (unpaired) electrons. The van der Waals surface area contributed by atoms with E-state index < -0.39 is 5.41 Å². The molecule has 1 aliphatic rings. The molecule has 5 heteroatoms. The summed E-state index contributed by atoms with van der Waals surface area (Å²) in [5, 5.41) is 12.2. The Labute approximate surface area is 115 Å². The number of hydrogen-bond donors (Lipinski definition) is 2. The Kier molecular flexibility index (Phi) is 5.63. The van der Waals surface area contributed by atoms with Crippen LogP contribution in [0.2, 0.25) is 0 Å². The third kappa shape index (κ3) is 3.61. The first kappa shape index (κ1) is 15.8. The number of carbonyl (C=O) groups excluding carboxylic acids is 1. The highest BCUT2D eigenvalue weighted by molar-refractivity contribution is 6.06. The molecule has 19 heavy (non-hydrogen) atoms. The summed E-state index contributed by atoms with van der Waals surface area (Å²) in [5.74, 6) is 0.699. The van der Waals surface area contributed by atoms with E-state index >= 15 is 0 Å². The maximum Gasteiger partial charge on any atom is 0.236 e. The fourth-order valence-corrected chi connectivity index (χ4v) is 2.79. The lowest BCUT2D eigenvalue weighted by atomic mass is 9.76. The summed E-state index contributed by atoms with van der Waals surface area (Å²) in [6.45, 7) is 4.82. The first-order chi connectivity index (χ1) is 9.01. The second-order valence-electron chi connectivity index (χ2n) is 5.70. The smallest absolute Gasteiger partial charge is 0.236 e. The molecule has 0 bridgehead atoms. The van der Waals surface area contributed by atoms with Gasteiger partial charge in [0.15, 0.2) is 5.84 Å². The minimum Gasteiger partial charge on any atom is -0.409 e. The standard InChI is InChI=1S/C14H27N3O2/c1-4-8-14(9-5-2,12(15)16-19)13(18)17(3)10-11-6-7-11/h11,19H,4-10H2,1-3H3,(H2,15,16). The molecule has 1 fully saturated rings. The monoisotopic (exact) mass is 269 g/mol. The van der Waals surface area contributed by atoms with Crippen molar-refractivity contribution in [2.75, 3.05) is 13.6 Å². The molecule has 1 saturated carbocycles. The van der Waals surface area contributed by atoms with Crippen LogP contribution in [-0.2, 0) is 4.79 Å². The number of nitrogens with zero attached hydrogens (tertiary/aromatic N) is 2. The van der Waals surface area contributed by atoms with Crippen LogP contribution in [0.5, 0.6) is 0 Å². The summed E-state index contributed by atoms with van der Waals surface area (Å²) in [6.07, 6.45) is 5.33. The summed E-state index contributed by atoms with van der Waals surface area (Å²) < 4.78 is 0. The van der Waals surface area contributed by atoms with Crippen LogP contribution >= 0.6 is 0 Å². The van der Waals surface area contributed by atoms with E-state index in [-0.39, 0.29) is 11.7 Å². The van der Waals surface area contributed by atoms with Gasteiger partial charge >= 0.3 is 0 Å². The van der Waals surface area contributed by atoms with Crippen molar-refractivity contribution in [3.63, 3.8) is 0 Å². The van der Waals surface area contributed by atoms with Gasteiger partial charge in [-0.1, -0.05) is 31.8 Å². The normalized spacial score (nSPS) is 16.5. The van der Waals surface area contributed by atoms with Gasteiger partial charge in [0.1, 0.15) is 5.41 Å². The predicted molar refractivity (Wildman–Crippen MR) is 76.0 cm³/mol. The van der Waals surface area contributed by atoms with Crippen molar-refractivity contribution in [2.24, 2.45) is 22.2 Å². The molecule has 0 heterocycles. The molecule has 5 nitrogen and oxygen atoms in total. The van der Waals surface area contributed by atoms with Gasteiger partial charge in [0.05, 0.1) is 0 Å². The molecular weight excluding hydrogens is 242 g/mol. The number of carbonyl (C=O) groups is 1. The molecule has 0 aromatic carbocycles. The molecule has 0 unspecified atom stereocenters. The maximum atomic E-state index is 12.8. The van der Waals surface area contributed by atoms with Gasteiger partial charge in [0, 0.05) is 13.6 Å². The number of amidine groups is 1. The topological polar surface area (TPSA) is 78.9 Å². The van der Waals surface area contributed by atoms with Crippen molar-refractivity contribution in [1.29, 1.82) is 0 Å². The van der Waals surface area contributed by atoms with Gasteiger partial charge in [-0.05, 0) is 31.6 Å². The molecule has 0 spiro atoms. The molecule has 1 rings (SSSR count). The quantitative estimate of drug-likeness (QED) is 0.307. The minimum absolute atomic E-state index is 0.00148. The first-order valence-electron chi connectivity index (χ1n) is 7.25. The van der Waals surface area contributed by atoms with Crippen LogP contribution in [0.3, 0.4) is 0 Å². The van der Waals surface area contributed by atoms with E-state index in [4.69, 9.17) is 10.9 Å². The van der Waals surface area contributed by atoms with Gasteiger partial charge in [0.2, 0.25) is 5.91 Å². The summed E-state index contributed by atoms with van der Waals surface area (Å²) >= 11 is 0. The molecular formula is C14H27N3O2. The molecule has 1 amide bonds. The molecule has 1 aliphatic carbocycles. The van der Waals surface area contributed by atoms with Crippen LogP contribution < -0.4 is 5.73 Å². The summed E-state index contributed by atoms with van der Waals surface area (Å²) in [6, 6.07) is 0. The number of oxime groups is 1. The molecule has 0 atom stereocenters. The van der Waals surface area contributed by atoms with Gasteiger partial charge in [-0.15, -0.1) is 0 Å². The highest BCUT2D eigenvalue weighted by atomic mass is 16.4. The molecule has 0 aliphatic heterocycles. The Bertz CT molecular complexity index is 332. The molecule has 110 valence electrons. The van der Waals surface area contributed by atoms with Crippen LogP contribution in [0.25, 0.3) is 0 Å². The number of hydrogen-bond acceptors (Lipinski definition) is 3. The third-order valence-corrected chi connectivity index (χ3v) is 3.94. The number of rotatable bonds is 8. The van der Waals surface area contributed by atoms with Crippen molar-refractivity contribution in [3.8, 4) is 0 Å². The summed E-state index contributed by atoms with van der Waals surface area (Å²) in [4.78, 5) is 14.5. The fraction of sp³-hybridized carbons (Fsp3) is 0.857. The Morgan fingerprint density at radius 2 is 1.89 bits per heavy atom. The largest absolute Gasteiger partial charge is 0.409 e. The van der Waals surface area contributed by atoms with Crippen molar-refractivity contribution in [2.45, 2.75) is 52.4 Å². The summed E-state index contributed by atoms with van der Waals surface area (Å²) in [5.41, 5.74) is 5.03. The molecule has 0 aromatic heterocycles. The average Bonchev–Trinajstić information content (AvgIpc) is 3.20. The summed E-state index contributed by atoms with van der Waals surface area (Å²) in [7, 11) is 1.82. The Morgan fingerprint density at radius 3 is 2.26 bits per heavy atom. The molecule has 0 saturated heterocycles. The van der Waals surface area contributed by atoms with Gasteiger partial charge < -0.3 is 15.8 Å². The number of nitrogens with two attached hydrogens (primary N) is 1. The van der Waals surface area contributed by atoms with E-state index in [9.17, 15) is 4.79 Å². The van der Waals surface area contributed by atoms with Gasteiger partial charge in [-0.2, -0.15) is 0 Å². The van der Waals surface area contributed by atoms with Crippen LogP contribution in [0.4, 0.5) is 0 Å². The first-order valence-corrected chi connectivity index (χ1v) is 7.25. The van der Waals surface area contributed by atoms with Crippen molar-refractivity contribution in [3.05, 3.63) is 0 Å². The zero-order valence-electron chi connectivity index (χ0n) is 12.4. The SMILES string of the molecule is CCCC(CCC)(C(=O)N(C)CC1CC1)C(N)=NO. The average molecular weight is 269 g/mol. The number of amides is 1. The second kappa shape index (κ2) is 6.78. The lowest BCUT2D eigenvalue weighted by Gasteiger charge is -2.34. The molecule has 3 N–H and O–H groups in total. The second-order valence-corrected chi connectivity index (χ2v) is 5.70. The van der Waals surface area contributed by atoms with Crippen LogP contribution in [0.1, 0.15) is 52.4 Å². The van der Waals surface area contributed by atoms with Crippen molar-refractivity contribution in [1.82, 2.24) is 4.90 Å². The van der Waals surface area contributed by atoms with Crippen LogP contribution in [0, 0.1) is 11.3 Å².